The van der Waals surface area contributed by atoms with Crippen LogP contribution in [-0.4, -0.2) is 47.4 Å². The highest BCUT2D eigenvalue weighted by molar-refractivity contribution is 9.10. The van der Waals surface area contributed by atoms with E-state index in [1.807, 2.05) is 24.3 Å². The topological polar surface area (TPSA) is 95.8 Å². The third kappa shape index (κ3) is 4.40. The molecule has 0 radical (unpaired) electrons. The van der Waals surface area contributed by atoms with E-state index in [4.69, 9.17) is 4.52 Å². The van der Waals surface area contributed by atoms with Crippen molar-refractivity contribution < 1.29 is 18.9 Å². The summed E-state index contributed by atoms with van der Waals surface area (Å²) in [7, 11) is 0. The molecule has 1 N–H and O–H groups in total. The number of hydrogen-bond donors (Lipinski definition) is 1. The van der Waals surface area contributed by atoms with Crippen LogP contribution in [0.25, 0.3) is 0 Å². The highest BCUT2D eigenvalue weighted by Gasteiger charge is 2.38. The Balaban J connectivity index is 1.30. The lowest BCUT2D eigenvalue weighted by Crippen LogP contribution is -2.44. The molecule has 1 aromatic carbocycles. The fourth-order valence-electron chi connectivity index (χ4n) is 4.02. The molecule has 4 rings (SSSR count). The number of nitrogens with zero attached hydrogens (tertiary/aromatic N) is 3. The van der Waals surface area contributed by atoms with Gasteiger partial charge < -0.3 is 19.6 Å². The summed E-state index contributed by atoms with van der Waals surface area (Å²) >= 11 is 3.39. The zero-order chi connectivity index (χ0) is 21.3. The third-order valence-corrected chi connectivity index (χ3v) is 6.20. The maximum Gasteiger partial charge on any atom is 0.228 e. The van der Waals surface area contributed by atoms with Gasteiger partial charge in [-0.15, -0.1) is 0 Å². The third-order valence-electron chi connectivity index (χ3n) is 5.67. The molecule has 2 fully saturated rings. The highest BCUT2D eigenvalue weighted by Crippen LogP contribution is 2.29. The van der Waals surface area contributed by atoms with Crippen LogP contribution in [0.4, 0.5) is 11.5 Å². The number of benzene rings is 1. The SMILES string of the molecule is Cc1cc(NC(=O)C2CCN(C(=O)C3CC(=O)N(c4ccc(Br)cc4)C3)CC2)no1. The monoisotopic (exact) mass is 474 g/mol. The van der Waals surface area contributed by atoms with Gasteiger partial charge in [0.15, 0.2) is 5.82 Å². The number of halogens is 1. The van der Waals surface area contributed by atoms with E-state index >= 15 is 0 Å². The molecular weight excluding hydrogens is 452 g/mol. The van der Waals surface area contributed by atoms with Gasteiger partial charge in [-0.1, -0.05) is 21.1 Å². The number of aromatic nitrogens is 1. The molecule has 2 aliphatic rings. The van der Waals surface area contributed by atoms with Crippen LogP contribution in [0.3, 0.4) is 0 Å². The average molecular weight is 475 g/mol. The van der Waals surface area contributed by atoms with E-state index in [0.29, 0.717) is 44.1 Å². The Bertz CT molecular complexity index is 950. The molecule has 3 amide bonds. The van der Waals surface area contributed by atoms with Gasteiger partial charge in [-0.05, 0) is 44.0 Å². The molecule has 8 nitrogen and oxygen atoms in total. The van der Waals surface area contributed by atoms with Crippen molar-refractivity contribution in [1.29, 1.82) is 0 Å². The number of likely N-dealkylation sites (tertiary alicyclic amines) is 1. The number of piperidine rings is 1. The Morgan fingerprint density at radius 3 is 2.50 bits per heavy atom. The van der Waals surface area contributed by atoms with Crippen LogP contribution in [0.1, 0.15) is 25.0 Å². The molecule has 0 spiro atoms. The van der Waals surface area contributed by atoms with Crippen LogP contribution in [0.5, 0.6) is 0 Å². The van der Waals surface area contributed by atoms with E-state index in [2.05, 4.69) is 26.4 Å². The summed E-state index contributed by atoms with van der Waals surface area (Å²) in [6, 6.07) is 9.18. The fraction of sp³-hybridized carbons (Fsp3) is 0.429. The quantitative estimate of drug-likeness (QED) is 0.734. The molecule has 0 bridgehead atoms. The van der Waals surface area contributed by atoms with Gasteiger partial charge in [0.05, 0.1) is 5.92 Å². The number of nitrogens with one attached hydrogen (secondary N) is 1. The summed E-state index contributed by atoms with van der Waals surface area (Å²) < 4.78 is 5.90. The summed E-state index contributed by atoms with van der Waals surface area (Å²) in [5, 5.41) is 6.54. The minimum absolute atomic E-state index is 0.00561. The molecule has 2 saturated heterocycles. The van der Waals surface area contributed by atoms with Gasteiger partial charge in [0.1, 0.15) is 5.76 Å². The van der Waals surface area contributed by atoms with Crippen molar-refractivity contribution in [3.8, 4) is 0 Å². The zero-order valence-corrected chi connectivity index (χ0v) is 18.2. The van der Waals surface area contributed by atoms with Gasteiger partial charge in [-0.25, -0.2) is 0 Å². The summed E-state index contributed by atoms with van der Waals surface area (Å²) in [6.45, 7) is 3.18. The van der Waals surface area contributed by atoms with E-state index < -0.39 is 0 Å². The van der Waals surface area contributed by atoms with E-state index in [1.54, 1.807) is 22.8 Å². The normalized spacial score (nSPS) is 19.9. The van der Waals surface area contributed by atoms with Gasteiger partial charge in [-0.2, -0.15) is 0 Å². The molecule has 30 heavy (non-hydrogen) atoms. The van der Waals surface area contributed by atoms with Crippen LogP contribution in [0.2, 0.25) is 0 Å². The van der Waals surface area contributed by atoms with E-state index in [-0.39, 0.29) is 36.0 Å². The van der Waals surface area contributed by atoms with Crippen molar-refractivity contribution in [2.75, 3.05) is 29.9 Å². The van der Waals surface area contributed by atoms with Gasteiger partial charge in [0.25, 0.3) is 0 Å². The number of rotatable bonds is 4. The first-order valence-electron chi connectivity index (χ1n) is 9.99. The fourth-order valence-corrected chi connectivity index (χ4v) is 4.28. The molecule has 158 valence electrons. The first-order chi connectivity index (χ1) is 14.4. The van der Waals surface area contributed by atoms with E-state index in [1.165, 1.54) is 0 Å². The van der Waals surface area contributed by atoms with Crippen molar-refractivity contribution in [3.63, 3.8) is 0 Å². The van der Waals surface area contributed by atoms with Crippen molar-refractivity contribution in [1.82, 2.24) is 10.1 Å². The first kappa shape index (κ1) is 20.6. The number of hydrogen-bond acceptors (Lipinski definition) is 5. The van der Waals surface area contributed by atoms with Crippen LogP contribution in [0.15, 0.2) is 39.3 Å². The van der Waals surface area contributed by atoms with Crippen molar-refractivity contribution in [3.05, 3.63) is 40.6 Å². The zero-order valence-electron chi connectivity index (χ0n) is 16.6. The predicted molar refractivity (Wildman–Crippen MR) is 114 cm³/mol. The minimum atomic E-state index is -0.343. The second-order valence-electron chi connectivity index (χ2n) is 7.79. The molecule has 1 unspecified atom stereocenters. The summed E-state index contributed by atoms with van der Waals surface area (Å²) in [6.07, 6.45) is 1.40. The predicted octanol–water partition coefficient (Wildman–Crippen LogP) is 2.98. The van der Waals surface area contributed by atoms with Gasteiger partial charge in [0, 0.05) is 48.2 Å². The first-order valence-corrected chi connectivity index (χ1v) is 10.8. The van der Waals surface area contributed by atoms with Crippen molar-refractivity contribution in [2.24, 2.45) is 11.8 Å². The standard InChI is InChI=1S/C21H23BrN4O4/c1-13-10-18(24-30-13)23-20(28)14-6-8-25(9-7-14)21(29)15-11-19(27)26(12-15)17-4-2-16(22)3-5-17/h2-5,10,14-15H,6-9,11-12H2,1H3,(H,23,24,28). The molecule has 2 aromatic rings. The second-order valence-corrected chi connectivity index (χ2v) is 8.71. The van der Waals surface area contributed by atoms with E-state index in [0.717, 1.165) is 10.2 Å². The van der Waals surface area contributed by atoms with Gasteiger partial charge >= 0.3 is 0 Å². The minimum Gasteiger partial charge on any atom is -0.360 e. The number of carbonyl (C=O) groups excluding carboxylic acids is 3. The lowest BCUT2D eigenvalue weighted by molar-refractivity contribution is -0.138. The highest BCUT2D eigenvalue weighted by atomic mass is 79.9. The summed E-state index contributed by atoms with van der Waals surface area (Å²) in [4.78, 5) is 41.3. The van der Waals surface area contributed by atoms with Gasteiger partial charge in [0.2, 0.25) is 17.7 Å². The maximum atomic E-state index is 13.0. The van der Waals surface area contributed by atoms with Crippen molar-refractivity contribution in [2.45, 2.75) is 26.2 Å². The molecule has 0 aliphatic carbocycles. The summed E-state index contributed by atoms with van der Waals surface area (Å²) in [5.74, 6) is 0.386. The number of amides is 3. The van der Waals surface area contributed by atoms with Crippen LogP contribution in [-0.2, 0) is 14.4 Å². The molecule has 0 saturated carbocycles. The van der Waals surface area contributed by atoms with Gasteiger partial charge in [-0.3, -0.25) is 14.4 Å². The molecule has 1 atom stereocenters. The Hall–Kier alpha value is -2.68. The van der Waals surface area contributed by atoms with Crippen LogP contribution in [0, 0.1) is 18.8 Å². The second kappa shape index (κ2) is 8.59. The molecule has 1 aromatic heterocycles. The summed E-state index contributed by atoms with van der Waals surface area (Å²) in [5.41, 5.74) is 0.803. The maximum absolute atomic E-state index is 13.0. The average Bonchev–Trinajstić information content (AvgIpc) is 3.33. The van der Waals surface area contributed by atoms with Crippen LogP contribution >= 0.6 is 15.9 Å². The Morgan fingerprint density at radius 2 is 1.87 bits per heavy atom. The van der Waals surface area contributed by atoms with E-state index in [9.17, 15) is 14.4 Å². The van der Waals surface area contributed by atoms with Crippen LogP contribution < -0.4 is 10.2 Å². The number of carbonyl (C=O) groups is 3. The lowest BCUT2D eigenvalue weighted by atomic mass is 9.94. The van der Waals surface area contributed by atoms with Crippen molar-refractivity contribution >= 4 is 45.2 Å². The molecule has 2 aliphatic heterocycles. The Morgan fingerprint density at radius 1 is 1.17 bits per heavy atom. The number of anilines is 2. The molecule has 9 heteroatoms. The molecular formula is C21H23BrN4O4. The lowest BCUT2D eigenvalue weighted by Gasteiger charge is -2.32. The smallest absolute Gasteiger partial charge is 0.228 e. The molecule has 3 heterocycles. The number of aryl methyl sites for hydroxylation is 1. The Kier molecular flexibility index (Phi) is 5.90. The largest absolute Gasteiger partial charge is 0.360 e. The Labute approximate surface area is 182 Å².